The minimum Gasteiger partial charge on any atom is -0.462 e. The lowest BCUT2D eigenvalue weighted by atomic mass is 10.1. The summed E-state index contributed by atoms with van der Waals surface area (Å²) in [5.74, 6) is 1.30. The number of allylic oxidation sites excluding steroid dienone is 7. The first-order valence-corrected chi connectivity index (χ1v) is 4.46. The summed E-state index contributed by atoms with van der Waals surface area (Å²) in [6, 6.07) is 3.71. The molecule has 0 saturated carbocycles. The Balaban J connectivity index is 3.22. The highest BCUT2D eigenvalue weighted by molar-refractivity contribution is 5.52. The van der Waals surface area contributed by atoms with Gasteiger partial charge in [0.05, 0.1) is 0 Å². The van der Waals surface area contributed by atoms with Gasteiger partial charge < -0.3 is 4.74 Å². The molecule has 0 N–H and O–H groups in total. The third-order valence-electron chi connectivity index (χ3n) is 1.78. The Hall–Kier alpha value is -2.26. The monoisotopic (exact) mass is 198 g/mol. The van der Waals surface area contributed by atoms with E-state index in [1.165, 1.54) is 0 Å². The van der Waals surface area contributed by atoms with Crippen LogP contribution in [0, 0.1) is 22.7 Å². The molecule has 1 aliphatic rings. The smallest absolute Gasteiger partial charge is 0.137 e. The molecule has 1 heterocycles. The van der Waals surface area contributed by atoms with Gasteiger partial charge in [-0.2, -0.15) is 10.5 Å². The normalized spacial score (nSPS) is 14.8. The predicted octanol–water partition coefficient (Wildman–Crippen LogP) is 2.72. The third kappa shape index (κ3) is 2.59. The van der Waals surface area contributed by atoms with Gasteiger partial charge in [-0.25, -0.2) is 0 Å². The predicted molar refractivity (Wildman–Crippen MR) is 56.0 cm³/mol. The van der Waals surface area contributed by atoms with E-state index in [1.807, 2.05) is 25.1 Å². The van der Waals surface area contributed by atoms with Crippen molar-refractivity contribution in [2.45, 2.75) is 13.8 Å². The van der Waals surface area contributed by atoms with Crippen LogP contribution in [-0.2, 0) is 4.74 Å². The second kappa shape index (κ2) is 4.83. The highest BCUT2D eigenvalue weighted by Gasteiger charge is 2.09. The van der Waals surface area contributed by atoms with Crippen LogP contribution in [0.2, 0.25) is 0 Å². The summed E-state index contributed by atoms with van der Waals surface area (Å²) in [6.45, 7) is 3.65. The molecule has 0 amide bonds. The summed E-state index contributed by atoms with van der Waals surface area (Å²) in [6.07, 6.45) is 6.97. The van der Waals surface area contributed by atoms with E-state index >= 15 is 0 Å². The van der Waals surface area contributed by atoms with Crippen molar-refractivity contribution < 1.29 is 4.74 Å². The van der Waals surface area contributed by atoms with E-state index in [0.29, 0.717) is 17.1 Å². The van der Waals surface area contributed by atoms with Gasteiger partial charge in [0.15, 0.2) is 0 Å². The SMILES string of the molecule is C/C=C/C1=CC(=C(C#N)C#N)C=C(C)O1. The summed E-state index contributed by atoms with van der Waals surface area (Å²) in [5.41, 5.74) is 0.691. The topological polar surface area (TPSA) is 56.8 Å². The van der Waals surface area contributed by atoms with Gasteiger partial charge in [0.1, 0.15) is 29.2 Å². The molecule has 0 aromatic rings. The van der Waals surface area contributed by atoms with Crippen LogP contribution in [0.25, 0.3) is 0 Å². The van der Waals surface area contributed by atoms with Gasteiger partial charge in [-0.05, 0) is 32.1 Å². The quantitative estimate of drug-likeness (QED) is 0.608. The van der Waals surface area contributed by atoms with Crippen molar-refractivity contribution in [3.05, 3.63) is 47.0 Å². The molecule has 15 heavy (non-hydrogen) atoms. The lowest BCUT2D eigenvalue weighted by Crippen LogP contribution is -1.97. The molecule has 0 spiro atoms. The van der Waals surface area contributed by atoms with E-state index in [2.05, 4.69) is 0 Å². The standard InChI is InChI=1S/C12H10N2O/c1-3-4-12-6-10(5-9(2)15-12)11(7-13)8-14/h3-6H,1-2H3/b4-3+. The Kier molecular flexibility index (Phi) is 3.49. The first kappa shape index (κ1) is 10.8. The maximum absolute atomic E-state index is 8.73. The molecule has 0 saturated heterocycles. The molecule has 1 rings (SSSR count). The molecule has 3 heteroatoms. The van der Waals surface area contributed by atoms with Crippen molar-refractivity contribution in [2.24, 2.45) is 0 Å². The van der Waals surface area contributed by atoms with Crippen LogP contribution in [0.1, 0.15) is 13.8 Å². The van der Waals surface area contributed by atoms with E-state index in [4.69, 9.17) is 15.3 Å². The van der Waals surface area contributed by atoms with Crippen molar-refractivity contribution in [1.82, 2.24) is 0 Å². The van der Waals surface area contributed by atoms with Gasteiger partial charge in [0.2, 0.25) is 0 Å². The van der Waals surface area contributed by atoms with Gasteiger partial charge >= 0.3 is 0 Å². The first-order chi connectivity index (χ1) is 7.21. The number of nitriles is 2. The zero-order valence-corrected chi connectivity index (χ0v) is 8.61. The molecular weight excluding hydrogens is 188 g/mol. The highest BCUT2D eigenvalue weighted by atomic mass is 16.5. The van der Waals surface area contributed by atoms with E-state index in [0.717, 1.165) is 0 Å². The molecule has 74 valence electrons. The van der Waals surface area contributed by atoms with E-state index in [1.54, 1.807) is 25.2 Å². The van der Waals surface area contributed by atoms with Crippen molar-refractivity contribution in [3.63, 3.8) is 0 Å². The van der Waals surface area contributed by atoms with Crippen molar-refractivity contribution in [1.29, 1.82) is 10.5 Å². The molecule has 0 fully saturated rings. The Morgan fingerprint density at radius 3 is 2.53 bits per heavy atom. The largest absolute Gasteiger partial charge is 0.462 e. The Labute approximate surface area is 88.9 Å². The molecule has 1 aliphatic heterocycles. The van der Waals surface area contributed by atoms with Crippen molar-refractivity contribution >= 4 is 0 Å². The summed E-state index contributed by atoms with van der Waals surface area (Å²) < 4.78 is 5.38. The molecule has 0 aromatic carbocycles. The zero-order chi connectivity index (χ0) is 11.3. The van der Waals surface area contributed by atoms with E-state index < -0.39 is 0 Å². The Morgan fingerprint density at radius 2 is 2.00 bits per heavy atom. The van der Waals surface area contributed by atoms with E-state index in [-0.39, 0.29) is 5.57 Å². The van der Waals surface area contributed by atoms with Crippen LogP contribution >= 0.6 is 0 Å². The second-order valence-corrected chi connectivity index (χ2v) is 2.96. The van der Waals surface area contributed by atoms with Gasteiger partial charge in [-0.3, -0.25) is 0 Å². The summed E-state index contributed by atoms with van der Waals surface area (Å²) in [7, 11) is 0. The molecule has 0 bridgehead atoms. The molecule has 0 aliphatic carbocycles. The Bertz CT molecular complexity index is 449. The number of ether oxygens (including phenoxy) is 1. The van der Waals surface area contributed by atoms with Gasteiger partial charge in [0.25, 0.3) is 0 Å². The lowest BCUT2D eigenvalue weighted by Gasteiger charge is -2.12. The summed E-state index contributed by atoms with van der Waals surface area (Å²) in [4.78, 5) is 0. The maximum Gasteiger partial charge on any atom is 0.137 e. The third-order valence-corrected chi connectivity index (χ3v) is 1.78. The van der Waals surface area contributed by atoms with Crippen LogP contribution < -0.4 is 0 Å². The molecule has 3 nitrogen and oxygen atoms in total. The zero-order valence-electron chi connectivity index (χ0n) is 8.61. The van der Waals surface area contributed by atoms with E-state index in [9.17, 15) is 0 Å². The van der Waals surface area contributed by atoms with Gasteiger partial charge in [-0.15, -0.1) is 0 Å². The minimum atomic E-state index is 0.0969. The second-order valence-electron chi connectivity index (χ2n) is 2.96. The number of hydrogen-bond acceptors (Lipinski definition) is 3. The average molecular weight is 198 g/mol. The van der Waals surface area contributed by atoms with Gasteiger partial charge in [0, 0.05) is 5.57 Å². The van der Waals surface area contributed by atoms with Crippen molar-refractivity contribution in [2.75, 3.05) is 0 Å². The molecule has 0 radical (unpaired) electrons. The molecule has 0 unspecified atom stereocenters. The number of hydrogen-bond donors (Lipinski definition) is 0. The molecule has 0 aromatic heterocycles. The van der Waals surface area contributed by atoms with Crippen LogP contribution in [0.3, 0.4) is 0 Å². The first-order valence-electron chi connectivity index (χ1n) is 4.46. The number of nitrogens with zero attached hydrogens (tertiary/aromatic N) is 2. The molecular formula is C12H10N2O. The lowest BCUT2D eigenvalue weighted by molar-refractivity contribution is 0.317. The van der Waals surface area contributed by atoms with Crippen LogP contribution in [0.5, 0.6) is 0 Å². The average Bonchev–Trinajstić information content (AvgIpc) is 2.19. The minimum absolute atomic E-state index is 0.0969. The van der Waals surface area contributed by atoms with Gasteiger partial charge in [-0.1, -0.05) is 6.08 Å². The molecule has 0 atom stereocenters. The summed E-state index contributed by atoms with van der Waals surface area (Å²) in [5, 5.41) is 17.5. The fraction of sp³-hybridized carbons (Fsp3) is 0.167. The fourth-order valence-electron chi connectivity index (χ4n) is 1.20. The number of rotatable bonds is 1. The van der Waals surface area contributed by atoms with Crippen LogP contribution in [-0.4, -0.2) is 0 Å². The van der Waals surface area contributed by atoms with Crippen LogP contribution in [0.15, 0.2) is 47.0 Å². The fourth-order valence-corrected chi connectivity index (χ4v) is 1.20. The maximum atomic E-state index is 8.73. The summed E-state index contributed by atoms with van der Waals surface area (Å²) >= 11 is 0. The Morgan fingerprint density at radius 1 is 1.33 bits per heavy atom. The van der Waals surface area contributed by atoms with Crippen LogP contribution in [0.4, 0.5) is 0 Å². The van der Waals surface area contributed by atoms with Crippen molar-refractivity contribution in [3.8, 4) is 12.1 Å². The highest BCUT2D eigenvalue weighted by Crippen LogP contribution is 2.21.